The number of aromatic nitrogens is 2. The van der Waals surface area contributed by atoms with Gasteiger partial charge in [-0.1, -0.05) is 0 Å². The van der Waals surface area contributed by atoms with Crippen molar-refractivity contribution in [3.63, 3.8) is 0 Å². The molecular weight excluding hydrogens is 208 g/mol. The summed E-state index contributed by atoms with van der Waals surface area (Å²) < 4.78 is 5.25. The van der Waals surface area contributed by atoms with Crippen LogP contribution in [-0.4, -0.2) is 35.1 Å². The van der Waals surface area contributed by atoms with Crippen molar-refractivity contribution in [3.8, 4) is 0 Å². The third kappa shape index (κ3) is 2.66. The van der Waals surface area contributed by atoms with E-state index in [4.69, 9.17) is 10.5 Å². The summed E-state index contributed by atoms with van der Waals surface area (Å²) in [6.45, 7) is 1.52. The normalized spacial score (nSPS) is 17.0. The highest BCUT2D eigenvalue weighted by Gasteiger charge is 2.14. The molecule has 86 valence electrons. The van der Waals surface area contributed by atoms with Crippen molar-refractivity contribution in [2.24, 2.45) is 5.73 Å². The Morgan fingerprint density at radius 3 is 2.56 bits per heavy atom. The second-order valence-electron chi connectivity index (χ2n) is 3.69. The zero-order valence-corrected chi connectivity index (χ0v) is 8.85. The molecule has 1 fully saturated rings. The van der Waals surface area contributed by atoms with Crippen molar-refractivity contribution in [2.75, 3.05) is 18.5 Å². The van der Waals surface area contributed by atoms with E-state index in [2.05, 4.69) is 15.3 Å². The molecule has 0 spiro atoms. The summed E-state index contributed by atoms with van der Waals surface area (Å²) in [6.07, 6.45) is 4.75. The molecule has 1 amide bonds. The van der Waals surface area contributed by atoms with E-state index in [1.807, 2.05) is 0 Å². The van der Waals surface area contributed by atoms with Gasteiger partial charge >= 0.3 is 0 Å². The van der Waals surface area contributed by atoms with E-state index in [-0.39, 0.29) is 0 Å². The molecule has 6 nitrogen and oxygen atoms in total. The fourth-order valence-electron chi connectivity index (χ4n) is 1.55. The highest BCUT2D eigenvalue weighted by atomic mass is 16.5. The Bertz CT molecular complexity index is 360. The SMILES string of the molecule is NC(=O)c1cnc(NC2CCOCC2)nc1. The second kappa shape index (κ2) is 4.89. The molecule has 1 aromatic heterocycles. The number of hydrogen-bond donors (Lipinski definition) is 2. The maximum atomic E-state index is 10.8. The lowest BCUT2D eigenvalue weighted by molar-refractivity contribution is 0.0903. The number of rotatable bonds is 3. The van der Waals surface area contributed by atoms with Crippen LogP contribution in [0.1, 0.15) is 23.2 Å². The molecule has 2 heterocycles. The van der Waals surface area contributed by atoms with Crippen molar-refractivity contribution in [1.29, 1.82) is 0 Å². The standard InChI is InChI=1S/C10H14N4O2/c11-9(15)7-5-12-10(13-6-7)14-8-1-3-16-4-2-8/h5-6,8H,1-4H2,(H2,11,15)(H,12,13,14). The summed E-state index contributed by atoms with van der Waals surface area (Å²) in [6, 6.07) is 0.341. The van der Waals surface area contributed by atoms with Gasteiger partial charge in [-0.3, -0.25) is 4.79 Å². The van der Waals surface area contributed by atoms with Gasteiger partial charge in [0.05, 0.1) is 5.56 Å². The van der Waals surface area contributed by atoms with E-state index < -0.39 is 5.91 Å². The minimum absolute atomic E-state index is 0.317. The first-order chi connectivity index (χ1) is 7.75. The second-order valence-corrected chi connectivity index (χ2v) is 3.69. The van der Waals surface area contributed by atoms with Crippen molar-refractivity contribution in [1.82, 2.24) is 9.97 Å². The first kappa shape index (κ1) is 10.8. The number of ether oxygens (including phenoxy) is 1. The Morgan fingerprint density at radius 2 is 2.00 bits per heavy atom. The van der Waals surface area contributed by atoms with Crippen LogP contribution >= 0.6 is 0 Å². The molecule has 2 rings (SSSR count). The van der Waals surface area contributed by atoms with Crippen LogP contribution in [0.2, 0.25) is 0 Å². The average Bonchev–Trinajstić information content (AvgIpc) is 2.31. The molecule has 0 aliphatic carbocycles. The van der Waals surface area contributed by atoms with Gasteiger partial charge in [0, 0.05) is 31.6 Å². The van der Waals surface area contributed by atoms with E-state index >= 15 is 0 Å². The Hall–Kier alpha value is -1.69. The summed E-state index contributed by atoms with van der Waals surface area (Å²) >= 11 is 0. The molecule has 16 heavy (non-hydrogen) atoms. The van der Waals surface area contributed by atoms with Gasteiger partial charge in [-0.25, -0.2) is 9.97 Å². The number of amides is 1. The van der Waals surface area contributed by atoms with Gasteiger partial charge < -0.3 is 15.8 Å². The smallest absolute Gasteiger partial charge is 0.251 e. The zero-order valence-electron chi connectivity index (χ0n) is 8.85. The average molecular weight is 222 g/mol. The van der Waals surface area contributed by atoms with Crippen LogP contribution < -0.4 is 11.1 Å². The summed E-state index contributed by atoms with van der Waals surface area (Å²) in [5, 5.41) is 3.19. The molecule has 1 aliphatic rings. The topological polar surface area (TPSA) is 90.1 Å². The maximum Gasteiger partial charge on any atom is 0.251 e. The molecule has 0 bridgehead atoms. The molecule has 6 heteroatoms. The van der Waals surface area contributed by atoms with E-state index in [0.717, 1.165) is 26.1 Å². The molecule has 1 aromatic rings. The fourth-order valence-corrected chi connectivity index (χ4v) is 1.55. The molecular formula is C10H14N4O2. The summed E-state index contributed by atoms with van der Waals surface area (Å²) in [5.41, 5.74) is 5.41. The molecule has 3 N–H and O–H groups in total. The number of nitrogens with one attached hydrogen (secondary N) is 1. The largest absolute Gasteiger partial charge is 0.381 e. The van der Waals surface area contributed by atoms with Gasteiger partial charge in [0.25, 0.3) is 5.91 Å². The maximum absolute atomic E-state index is 10.8. The molecule has 0 aromatic carbocycles. The van der Waals surface area contributed by atoms with Crippen LogP contribution in [0.4, 0.5) is 5.95 Å². The van der Waals surface area contributed by atoms with Gasteiger partial charge in [-0.15, -0.1) is 0 Å². The molecule has 0 radical (unpaired) electrons. The first-order valence-corrected chi connectivity index (χ1v) is 5.22. The summed E-state index contributed by atoms with van der Waals surface area (Å²) in [5.74, 6) is 0.00881. The van der Waals surface area contributed by atoms with E-state index in [1.165, 1.54) is 12.4 Å². The van der Waals surface area contributed by atoms with E-state index in [9.17, 15) is 4.79 Å². The number of anilines is 1. The van der Waals surface area contributed by atoms with Gasteiger partial charge in [0.2, 0.25) is 5.95 Å². The Morgan fingerprint density at radius 1 is 1.38 bits per heavy atom. The number of nitrogens with two attached hydrogens (primary N) is 1. The minimum Gasteiger partial charge on any atom is -0.381 e. The van der Waals surface area contributed by atoms with Crippen LogP contribution in [-0.2, 0) is 4.74 Å². The predicted octanol–water partition coefficient (Wildman–Crippen LogP) is 0.166. The summed E-state index contributed by atoms with van der Waals surface area (Å²) in [7, 11) is 0. The Balaban J connectivity index is 1.96. The molecule has 0 unspecified atom stereocenters. The monoisotopic (exact) mass is 222 g/mol. The van der Waals surface area contributed by atoms with Gasteiger partial charge in [-0.05, 0) is 12.8 Å². The number of carbonyl (C=O) groups excluding carboxylic acids is 1. The van der Waals surface area contributed by atoms with Crippen LogP contribution in [0.25, 0.3) is 0 Å². The quantitative estimate of drug-likeness (QED) is 0.760. The minimum atomic E-state index is -0.516. The lowest BCUT2D eigenvalue weighted by Crippen LogP contribution is -2.28. The predicted molar refractivity (Wildman–Crippen MR) is 58.0 cm³/mol. The van der Waals surface area contributed by atoms with Crippen LogP contribution in [0.5, 0.6) is 0 Å². The number of carbonyl (C=O) groups is 1. The van der Waals surface area contributed by atoms with Crippen LogP contribution in [0.15, 0.2) is 12.4 Å². The third-order valence-electron chi connectivity index (χ3n) is 2.49. The van der Waals surface area contributed by atoms with E-state index in [0.29, 0.717) is 17.6 Å². The molecule has 0 atom stereocenters. The molecule has 0 saturated carbocycles. The Labute approximate surface area is 93.2 Å². The zero-order chi connectivity index (χ0) is 11.4. The molecule has 1 aliphatic heterocycles. The number of primary amides is 1. The number of nitrogens with zero attached hydrogens (tertiary/aromatic N) is 2. The lowest BCUT2D eigenvalue weighted by atomic mass is 10.1. The first-order valence-electron chi connectivity index (χ1n) is 5.22. The lowest BCUT2D eigenvalue weighted by Gasteiger charge is -2.22. The Kier molecular flexibility index (Phi) is 3.31. The van der Waals surface area contributed by atoms with Gasteiger partial charge in [0.1, 0.15) is 0 Å². The third-order valence-corrected chi connectivity index (χ3v) is 2.49. The van der Waals surface area contributed by atoms with E-state index in [1.54, 1.807) is 0 Å². The van der Waals surface area contributed by atoms with Crippen molar-refractivity contribution in [2.45, 2.75) is 18.9 Å². The molecule has 1 saturated heterocycles. The van der Waals surface area contributed by atoms with Crippen molar-refractivity contribution in [3.05, 3.63) is 18.0 Å². The summed E-state index contributed by atoms with van der Waals surface area (Å²) in [4.78, 5) is 18.9. The van der Waals surface area contributed by atoms with Crippen molar-refractivity contribution >= 4 is 11.9 Å². The highest BCUT2D eigenvalue weighted by molar-refractivity contribution is 5.92. The highest BCUT2D eigenvalue weighted by Crippen LogP contribution is 2.11. The number of hydrogen-bond acceptors (Lipinski definition) is 5. The van der Waals surface area contributed by atoms with Crippen molar-refractivity contribution < 1.29 is 9.53 Å². The van der Waals surface area contributed by atoms with Gasteiger partial charge in [-0.2, -0.15) is 0 Å². The fraction of sp³-hybridized carbons (Fsp3) is 0.500. The van der Waals surface area contributed by atoms with Crippen LogP contribution in [0, 0.1) is 0 Å². The van der Waals surface area contributed by atoms with Crippen LogP contribution in [0.3, 0.4) is 0 Å². The van der Waals surface area contributed by atoms with Gasteiger partial charge in [0.15, 0.2) is 0 Å².